The number of oxazole rings is 1. The zero-order valence-electron chi connectivity index (χ0n) is 15.7. The fourth-order valence-corrected chi connectivity index (χ4v) is 4.69. The van der Waals surface area contributed by atoms with Gasteiger partial charge in [-0.3, -0.25) is 0 Å². The predicted molar refractivity (Wildman–Crippen MR) is 111 cm³/mol. The van der Waals surface area contributed by atoms with E-state index in [1.165, 1.54) is 0 Å². The number of benzene rings is 2. The molecule has 0 radical (unpaired) electrons. The molecule has 0 N–H and O–H groups in total. The van der Waals surface area contributed by atoms with Gasteiger partial charge in [0.1, 0.15) is 5.75 Å². The molecule has 1 saturated heterocycles. The number of nitrogens with zero attached hydrogens (tertiary/aromatic N) is 2. The molecule has 0 atom stereocenters. The molecule has 0 spiro atoms. The molecule has 0 saturated carbocycles. The number of halogens is 1. The molecule has 1 aliphatic rings. The lowest BCUT2D eigenvalue weighted by molar-refractivity contribution is 0.120. The zero-order valence-corrected chi connectivity index (χ0v) is 18.1. The van der Waals surface area contributed by atoms with Gasteiger partial charge < -0.3 is 18.8 Å². The summed E-state index contributed by atoms with van der Waals surface area (Å²) in [5.41, 5.74) is 0.585. The van der Waals surface area contributed by atoms with Gasteiger partial charge in [-0.05, 0) is 36.4 Å². The van der Waals surface area contributed by atoms with Crippen LogP contribution in [0.1, 0.15) is 0 Å². The van der Waals surface area contributed by atoms with Gasteiger partial charge in [0, 0.05) is 17.6 Å². The minimum absolute atomic E-state index is 0.109. The topological polar surface area (TPSA) is 81.9 Å². The van der Waals surface area contributed by atoms with E-state index in [-0.39, 0.29) is 21.7 Å². The number of ether oxygens (including phenoxy) is 2. The quantitative estimate of drug-likeness (QED) is 0.551. The largest absolute Gasteiger partial charge is 0.496 e. The van der Waals surface area contributed by atoms with Crippen molar-refractivity contribution in [2.75, 3.05) is 38.3 Å². The van der Waals surface area contributed by atoms with E-state index in [9.17, 15) is 8.42 Å². The van der Waals surface area contributed by atoms with E-state index in [1.807, 2.05) is 17.0 Å². The summed E-state index contributed by atoms with van der Waals surface area (Å²) in [5.74, 6) is 0.964. The smallest absolute Gasteiger partial charge is 0.236 e. The van der Waals surface area contributed by atoms with Crippen LogP contribution in [0.2, 0.25) is 0 Å². The summed E-state index contributed by atoms with van der Waals surface area (Å²) in [7, 11) is -2.35. The first-order chi connectivity index (χ1) is 14.0. The number of hydrogen-bond acceptors (Lipinski definition) is 7. The third-order valence-corrected chi connectivity index (χ3v) is 6.79. The molecule has 2 heterocycles. The van der Waals surface area contributed by atoms with Crippen LogP contribution in [0.4, 0.5) is 5.88 Å². The van der Waals surface area contributed by atoms with Gasteiger partial charge >= 0.3 is 0 Å². The Morgan fingerprint density at radius 2 is 1.76 bits per heavy atom. The second-order valence-corrected chi connectivity index (χ2v) is 9.17. The van der Waals surface area contributed by atoms with E-state index in [4.69, 9.17) is 13.9 Å². The van der Waals surface area contributed by atoms with Crippen molar-refractivity contribution in [3.8, 4) is 17.2 Å². The number of methoxy groups -OCH3 is 1. The van der Waals surface area contributed by atoms with Gasteiger partial charge in [0.05, 0.1) is 30.8 Å². The summed E-state index contributed by atoms with van der Waals surface area (Å²) in [6.07, 6.45) is 0. The Morgan fingerprint density at radius 3 is 2.45 bits per heavy atom. The number of hydrogen-bond donors (Lipinski definition) is 0. The van der Waals surface area contributed by atoms with Crippen LogP contribution < -0.4 is 9.64 Å². The van der Waals surface area contributed by atoms with Crippen molar-refractivity contribution in [3.63, 3.8) is 0 Å². The fraction of sp³-hybridized carbons (Fsp3) is 0.250. The Kier molecular flexibility index (Phi) is 5.62. The van der Waals surface area contributed by atoms with E-state index < -0.39 is 9.84 Å². The number of para-hydroxylation sites is 1. The van der Waals surface area contributed by atoms with E-state index in [0.29, 0.717) is 37.6 Å². The van der Waals surface area contributed by atoms with E-state index in [0.717, 1.165) is 4.47 Å². The Morgan fingerprint density at radius 1 is 1.07 bits per heavy atom. The summed E-state index contributed by atoms with van der Waals surface area (Å²) in [5, 5.41) is -0.109. The molecule has 0 unspecified atom stereocenters. The predicted octanol–water partition coefficient (Wildman–Crippen LogP) is 3.78. The minimum atomic E-state index is -3.89. The second-order valence-electron chi connectivity index (χ2n) is 6.39. The van der Waals surface area contributed by atoms with Crippen molar-refractivity contribution >= 4 is 31.7 Å². The highest BCUT2D eigenvalue weighted by Gasteiger charge is 2.32. The molecule has 4 rings (SSSR count). The average molecular weight is 479 g/mol. The van der Waals surface area contributed by atoms with Crippen molar-refractivity contribution in [1.82, 2.24) is 4.98 Å². The molecule has 9 heteroatoms. The van der Waals surface area contributed by atoms with Crippen LogP contribution in [0, 0.1) is 0 Å². The molecular formula is C20H19BrN2O5S. The molecule has 29 heavy (non-hydrogen) atoms. The number of sulfone groups is 1. The normalized spacial score (nSPS) is 14.8. The maximum atomic E-state index is 13.4. The molecule has 2 aromatic carbocycles. The maximum Gasteiger partial charge on any atom is 0.236 e. The average Bonchev–Trinajstić information content (AvgIpc) is 3.21. The van der Waals surface area contributed by atoms with E-state index >= 15 is 0 Å². The minimum Gasteiger partial charge on any atom is -0.496 e. The van der Waals surface area contributed by atoms with Crippen molar-refractivity contribution < 1.29 is 22.3 Å². The monoisotopic (exact) mass is 478 g/mol. The Hall–Kier alpha value is -2.36. The Labute approximate surface area is 177 Å². The van der Waals surface area contributed by atoms with E-state index in [2.05, 4.69) is 20.9 Å². The molecule has 0 amide bonds. The van der Waals surface area contributed by atoms with Crippen molar-refractivity contribution in [2.24, 2.45) is 0 Å². The van der Waals surface area contributed by atoms with Crippen LogP contribution in [0.5, 0.6) is 5.75 Å². The first kappa shape index (κ1) is 19.9. The number of rotatable bonds is 5. The molecule has 1 aromatic heterocycles. The maximum absolute atomic E-state index is 13.4. The van der Waals surface area contributed by atoms with Crippen LogP contribution in [0.25, 0.3) is 11.5 Å². The highest BCUT2D eigenvalue weighted by molar-refractivity contribution is 9.10. The summed E-state index contributed by atoms with van der Waals surface area (Å²) in [4.78, 5) is 6.40. The van der Waals surface area contributed by atoms with Crippen LogP contribution in [-0.2, 0) is 14.6 Å². The summed E-state index contributed by atoms with van der Waals surface area (Å²) >= 11 is 3.33. The summed E-state index contributed by atoms with van der Waals surface area (Å²) in [6, 6.07) is 13.7. The summed E-state index contributed by atoms with van der Waals surface area (Å²) in [6.45, 7) is 2.01. The second kappa shape index (κ2) is 8.17. The van der Waals surface area contributed by atoms with Gasteiger partial charge in [-0.25, -0.2) is 8.42 Å². The Bertz CT molecular complexity index is 1110. The molecule has 3 aromatic rings. The lowest BCUT2D eigenvalue weighted by Gasteiger charge is -2.26. The van der Waals surface area contributed by atoms with Crippen LogP contribution in [0.3, 0.4) is 0 Å². The number of morpholine rings is 1. The standard InChI is InChI=1S/C20H19BrN2O5S/c1-26-17-5-3-2-4-16(17)18-22-19(20(28-18)23-10-12-27-13-11-23)29(24,25)15-8-6-14(21)7-9-15/h2-9H,10-13H2,1H3. The number of aromatic nitrogens is 1. The highest BCUT2D eigenvalue weighted by Crippen LogP contribution is 2.37. The lowest BCUT2D eigenvalue weighted by atomic mass is 10.2. The van der Waals surface area contributed by atoms with Gasteiger partial charge in [-0.1, -0.05) is 28.1 Å². The summed E-state index contributed by atoms with van der Waals surface area (Å²) < 4.78 is 44.3. The van der Waals surface area contributed by atoms with E-state index in [1.54, 1.807) is 43.5 Å². The zero-order chi connectivity index (χ0) is 20.4. The molecule has 7 nitrogen and oxygen atoms in total. The van der Waals surface area contributed by atoms with Gasteiger partial charge in [0.15, 0.2) is 0 Å². The highest BCUT2D eigenvalue weighted by atomic mass is 79.9. The van der Waals surface area contributed by atoms with Gasteiger partial charge in [-0.2, -0.15) is 4.98 Å². The molecular weight excluding hydrogens is 460 g/mol. The van der Waals surface area contributed by atoms with Gasteiger partial charge in [-0.15, -0.1) is 0 Å². The van der Waals surface area contributed by atoms with Crippen molar-refractivity contribution in [1.29, 1.82) is 0 Å². The number of anilines is 1. The lowest BCUT2D eigenvalue weighted by Crippen LogP contribution is -2.36. The molecule has 1 fully saturated rings. The molecule has 1 aliphatic heterocycles. The molecule has 0 bridgehead atoms. The van der Waals surface area contributed by atoms with Crippen molar-refractivity contribution in [2.45, 2.75) is 9.92 Å². The molecule has 0 aliphatic carbocycles. The van der Waals surface area contributed by atoms with Gasteiger partial charge in [0.25, 0.3) is 0 Å². The van der Waals surface area contributed by atoms with Crippen LogP contribution in [-0.4, -0.2) is 46.8 Å². The van der Waals surface area contributed by atoms with Gasteiger partial charge in [0.2, 0.25) is 26.6 Å². The first-order valence-electron chi connectivity index (χ1n) is 8.98. The van der Waals surface area contributed by atoms with Crippen LogP contribution >= 0.6 is 15.9 Å². The Balaban J connectivity index is 1.87. The third-order valence-electron chi connectivity index (χ3n) is 4.59. The fourth-order valence-electron chi connectivity index (χ4n) is 3.10. The SMILES string of the molecule is COc1ccccc1-c1nc(S(=O)(=O)c2ccc(Br)cc2)c(N2CCOCC2)o1. The first-order valence-corrected chi connectivity index (χ1v) is 11.3. The third kappa shape index (κ3) is 3.90. The molecule has 152 valence electrons. The van der Waals surface area contributed by atoms with Crippen LogP contribution in [0.15, 0.2) is 67.3 Å². The van der Waals surface area contributed by atoms with Crippen molar-refractivity contribution in [3.05, 3.63) is 53.0 Å².